The lowest BCUT2D eigenvalue weighted by Gasteiger charge is -2.05. The van der Waals surface area contributed by atoms with Gasteiger partial charge in [0, 0.05) is 24.5 Å². The van der Waals surface area contributed by atoms with Crippen LogP contribution < -0.4 is 5.32 Å². The molecule has 2 rings (SSSR count). The molecule has 1 N–H and O–H groups in total. The fourth-order valence-corrected chi connectivity index (χ4v) is 1.34. The summed E-state index contributed by atoms with van der Waals surface area (Å²) in [6, 6.07) is 3.79. The Bertz CT molecular complexity index is 469. The van der Waals surface area contributed by atoms with E-state index in [4.69, 9.17) is 0 Å². The van der Waals surface area contributed by atoms with Crippen molar-refractivity contribution in [2.75, 3.05) is 11.9 Å². The number of anilines is 1. The molecule has 2 aromatic heterocycles. The monoisotopic (exact) mass is 215 g/mol. The van der Waals surface area contributed by atoms with E-state index in [1.807, 2.05) is 26.0 Å². The van der Waals surface area contributed by atoms with E-state index in [2.05, 4.69) is 25.3 Å². The van der Waals surface area contributed by atoms with Crippen LogP contribution in [0.15, 0.2) is 24.5 Å². The number of hydrogen-bond donors (Lipinski definition) is 1. The average molecular weight is 215 g/mol. The maximum Gasteiger partial charge on any atom is 0.226 e. The van der Waals surface area contributed by atoms with Crippen LogP contribution in [0.3, 0.4) is 0 Å². The Morgan fingerprint density at radius 2 is 2.12 bits per heavy atom. The summed E-state index contributed by atoms with van der Waals surface area (Å²) in [5.74, 6) is 1.95. The van der Waals surface area contributed by atoms with Gasteiger partial charge in [-0.05, 0) is 26.0 Å². The van der Waals surface area contributed by atoms with Crippen LogP contribution in [0.4, 0.5) is 5.95 Å². The van der Waals surface area contributed by atoms with Gasteiger partial charge < -0.3 is 5.32 Å². The molecule has 0 aromatic carbocycles. The van der Waals surface area contributed by atoms with Gasteiger partial charge in [-0.3, -0.25) is 4.98 Å². The van der Waals surface area contributed by atoms with Crippen molar-refractivity contribution in [2.24, 2.45) is 0 Å². The van der Waals surface area contributed by atoms with Gasteiger partial charge in [-0.2, -0.15) is 9.97 Å². The molecule has 0 atom stereocenters. The standard InChI is InChI=1S/C11H13N5/c1-3-13-11-15-8(2)14-10(16-11)9-5-4-6-12-7-9/h4-7H,3H2,1-2H3,(H,13,14,15,16). The third-order valence-corrected chi connectivity index (χ3v) is 2.00. The minimum Gasteiger partial charge on any atom is -0.354 e. The van der Waals surface area contributed by atoms with Crippen LogP contribution in [-0.2, 0) is 0 Å². The lowest BCUT2D eigenvalue weighted by atomic mass is 10.3. The first-order chi connectivity index (χ1) is 7.79. The molecule has 16 heavy (non-hydrogen) atoms. The summed E-state index contributed by atoms with van der Waals surface area (Å²) >= 11 is 0. The van der Waals surface area contributed by atoms with E-state index in [1.54, 1.807) is 12.4 Å². The summed E-state index contributed by atoms with van der Waals surface area (Å²) in [6.45, 7) is 4.64. The minimum absolute atomic E-state index is 0.605. The van der Waals surface area contributed by atoms with Crippen molar-refractivity contribution in [1.29, 1.82) is 0 Å². The highest BCUT2D eigenvalue weighted by Crippen LogP contribution is 2.14. The van der Waals surface area contributed by atoms with E-state index < -0.39 is 0 Å². The Hall–Kier alpha value is -2.04. The second kappa shape index (κ2) is 4.65. The molecule has 2 aromatic rings. The number of aromatic nitrogens is 4. The highest BCUT2D eigenvalue weighted by atomic mass is 15.1. The van der Waals surface area contributed by atoms with Crippen LogP contribution in [0.5, 0.6) is 0 Å². The molecule has 0 radical (unpaired) electrons. The molecular weight excluding hydrogens is 202 g/mol. The third-order valence-electron chi connectivity index (χ3n) is 2.00. The molecule has 0 aliphatic carbocycles. The molecule has 5 nitrogen and oxygen atoms in total. The topological polar surface area (TPSA) is 63.6 Å². The SMILES string of the molecule is CCNc1nc(C)nc(-c2cccnc2)n1. The highest BCUT2D eigenvalue weighted by molar-refractivity contribution is 5.54. The van der Waals surface area contributed by atoms with Crippen LogP contribution in [0.1, 0.15) is 12.7 Å². The first kappa shape index (κ1) is 10.5. The predicted molar refractivity (Wildman–Crippen MR) is 62.0 cm³/mol. The molecular formula is C11H13N5. The van der Waals surface area contributed by atoms with Gasteiger partial charge in [-0.25, -0.2) is 4.98 Å². The summed E-state index contributed by atoms with van der Waals surface area (Å²) in [5, 5.41) is 3.08. The van der Waals surface area contributed by atoms with Gasteiger partial charge in [0.05, 0.1) is 0 Å². The first-order valence-electron chi connectivity index (χ1n) is 5.16. The molecule has 0 saturated heterocycles. The van der Waals surface area contributed by atoms with Gasteiger partial charge in [0.2, 0.25) is 5.95 Å². The molecule has 0 aliphatic rings. The largest absolute Gasteiger partial charge is 0.354 e. The van der Waals surface area contributed by atoms with Gasteiger partial charge >= 0.3 is 0 Å². The average Bonchev–Trinajstić information content (AvgIpc) is 2.30. The molecule has 0 fully saturated rings. The normalized spacial score (nSPS) is 10.1. The number of rotatable bonds is 3. The van der Waals surface area contributed by atoms with Crippen LogP contribution in [0.25, 0.3) is 11.4 Å². The van der Waals surface area contributed by atoms with Crippen molar-refractivity contribution in [3.8, 4) is 11.4 Å². The predicted octanol–water partition coefficient (Wildman–Crippen LogP) is 1.67. The number of pyridine rings is 1. The van der Waals surface area contributed by atoms with Crippen LogP contribution in [-0.4, -0.2) is 26.5 Å². The number of aryl methyl sites for hydroxylation is 1. The Balaban J connectivity index is 2.41. The Labute approximate surface area is 94.0 Å². The second-order valence-electron chi connectivity index (χ2n) is 3.30. The smallest absolute Gasteiger partial charge is 0.226 e. The summed E-state index contributed by atoms with van der Waals surface area (Å²) in [7, 11) is 0. The minimum atomic E-state index is 0.605. The zero-order valence-corrected chi connectivity index (χ0v) is 9.31. The summed E-state index contributed by atoms with van der Waals surface area (Å²) < 4.78 is 0. The number of nitrogens with zero attached hydrogens (tertiary/aromatic N) is 4. The molecule has 0 saturated carbocycles. The van der Waals surface area contributed by atoms with Gasteiger partial charge in [0.15, 0.2) is 5.82 Å². The zero-order valence-electron chi connectivity index (χ0n) is 9.31. The van der Waals surface area contributed by atoms with Crippen LogP contribution in [0.2, 0.25) is 0 Å². The van der Waals surface area contributed by atoms with E-state index in [1.165, 1.54) is 0 Å². The molecule has 2 heterocycles. The maximum absolute atomic E-state index is 4.32. The first-order valence-corrected chi connectivity index (χ1v) is 5.16. The van der Waals surface area contributed by atoms with Crippen LogP contribution >= 0.6 is 0 Å². The molecule has 0 amide bonds. The van der Waals surface area contributed by atoms with E-state index in [-0.39, 0.29) is 0 Å². The molecule has 0 bridgehead atoms. The Kier molecular flexibility index (Phi) is 3.05. The van der Waals surface area contributed by atoms with E-state index in [9.17, 15) is 0 Å². The quantitative estimate of drug-likeness (QED) is 0.843. The van der Waals surface area contributed by atoms with Gasteiger partial charge in [0.25, 0.3) is 0 Å². The molecule has 0 unspecified atom stereocenters. The van der Waals surface area contributed by atoms with Crippen molar-refractivity contribution < 1.29 is 0 Å². The van der Waals surface area contributed by atoms with Gasteiger partial charge in [0.1, 0.15) is 5.82 Å². The van der Waals surface area contributed by atoms with Crippen molar-refractivity contribution >= 4 is 5.95 Å². The number of nitrogens with one attached hydrogen (secondary N) is 1. The van der Waals surface area contributed by atoms with E-state index >= 15 is 0 Å². The van der Waals surface area contributed by atoms with E-state index in [0.717, 1.165) is 12.1 Å². The fourth-order valence-electron chi connectivity index (χ4n) is 1.34. The Morgan fingerprint density at radius 1 is 1.25 bits per heavy atom. The van der Waals surface area contributed by atoms with Crippen molar-refractivity contribution in [1.82, 2.24) is 19.9 Å². The lowest BCUT2D eigenvalue weighted by Crippen LogP contribution is -2.06. The fraction of sp³-hybridized carbons (Fsp3) is 0.273. The summed E-state index contributed by atoms with van der Waals surface area (Å²) in [6.07, 6.45) is 3.47. The molecule has 5 heteroatoms. The highest BCUT2D eigenvalue weighted by Gasteiger charge is 2.05. The summed E-state index contributed by atoms with van der Waals surface area (Å²) in [5.41, 5.74) is 0.896. The third kappa shape index (κ3) is 2.31. The van der Waals surface area contributed by atoms with Crippen molar-refractivity contribution in [2.45, 2.75) is 13.8 Å². The molecule has 82 valence electrons. The number of hydrogen-bond acceptors (Lipinski definition) is 5. The lowest BCUT2D eigenvalue weighted by molar-refractivity contribution is 0.968. The zero-order chi connectivity index (χ0) is 11.4. The van der Waals surface area contributed by atoms with Crippen molar-refractivity contribution in [3.05, 3.63) is 30.4 Å². The summed E-state index contributed by atoms with van der Waals surface area (Å²) in [4.78, 5) is 16.8. The van der Waals surface area contributed by atoms with Gasteiger partial charge in [-0.15, -0.1) is 0 Å². The van der Waals surface area contributed by atoms with Crippen molar-refractivity contribution in [3.63, 3.8) is 0 Å². The second-order valence-corrected chi connectivity index (χ2v) is 3.30. The van der Waals surface area contributed by atoms with Gasteiger partial charge in [-0.1, -0.05) is 0 Å². The molecule has 0 aliphatic heterocycles. The molecule has 0 spiro atoms. The van der Waals surface area contributed by atoms with Crippen LogP contribution in [0, 0.1) is 6.92 Å². The maximum atomic E-state index is 4.32. The Morgan fingerprint density at radius 3 is 2.81 bits per heavy atom. The van der Waals surface area contributed by atoms with E-state index in [0.29, 0.717) is 17.6 Å².